The fourth-order valence-electron chi connectivity index (χ4n) is 2.79. The molecule has 1 fully saturated rings. The van der Waals surface area contributed by atoms with E-state index in [0.29, 0.717) is 0 Å². The Morgan fingerprint density at radius 2 is 1.65 bits per heavy atom. The maximum Gasteiger partial charge on any atom is 0.303 e. The van der Waals surface area contributed by atoms with Crippen molar-refractivity contribution < 1.29 is 42.9 Å². The summed E-state index contributed by atoms with van der Waals surface area (Å²) >= 11 is 0. The van der Waals surface area contributed by atoms with Gasteiger partial charge in [0.05, 0.1) is 6.10 Å². The standard InChI is InChI=1S/C16H25NO9/c1-9(18)17-14-15(22-5)25-13(7-23-10(2)19)6-16(14,26-12(4)21)8-24-11(3)20/h13-15H,6-8H2,1-5H3,(H,17,18)/t13?,14?,15-,16?/m1/s1. The number of amides is 1. The summed E-state index contributed by atoms with van der Waals surface area (Å²) < 4.78 is 26.5. The van der Waals surface area contributed by atoms with E-state index in [1.807, 2.05) is 0 Å². The first-order valence-electron chi connectivity index (χ1n) is 8.01. The first kappa shape index (κ1) is 21.8. The van der Waals surface area contributed by atoms with Crippen molar-refractivity contribution in [2.45, 2.75) is 58.2 Å². The molecule has 3 unspecified atom stereocenters. The molecular formula is C16H25NO9. The Labute approximate surface area is 151 Å². The Kier molecular flexibility index (Phi) is 7.97. The van der Waals surface area contributed by atoms with Crippen molar-refractivity contribution in [1.82, 2.24) is 5.32 Å². The van der Waals surface area contributed by atoms with E-state index >= 15 is 0 Å². The number of rotatable bonds is 7. The predicted octanol–water partition coefficient (Wildman–Crippen LogP) is -0.319. The molecule has 0 saturated carbocycles. The topological polar surface area (TPSA) is 126 Å². The highest BCUT2D eigenvalue weighted by Crippen LogP contribution is 2.34. The summed E-state index contributed by atoms with van der Waals surface area (Å²) in [7, 11) is 1.35. The van der Waals surface area contributed by atoms with Crippen LogP contribution in [0.15, 0.2) is 0 Å². The van der Waals surface area contributed by atoms with Gasteiger partial charge in [0.25, 0.3) is 0 Å². The number of ether oxygens (including phenoxy) is 5. The summed E-state index contributed by atoms with van der Waals surface area (Å²) in [6.45, 7) is 4.48. The predicted molar refractivity (Wildman–Crippen MR) is 85.7 cm³/mol. The van der Waals surface area contributed by atoms with E-state index < -0.39 is 47.9 Å². The average Bonchev–Trinajstić information content (AvgIpc) is 2.52. The van der Waals surface area contributed by atoms with Crippen molar-refractivity contribution in [1.29, 1.82) is 0 Å². The molecule has 0 aliphatic carbocycles. The van der Waals surface area contributed by atoms with Crippen LogP contribution in [-0.4, -0.2) is 68.2 Å². The smallest absolute Gasteiger partial charge is 0.303 e. The molecule has 0 aromatic carbocycles. The lowest BCUT2D eigenvalue weighted by Gasteiger charge is -2.48. The third-order valence-electron chi connectivity index (χ3n) is 3.67. The van der Waals surface area contributed by atoms with E-state index in [1.165, 1.54) is 34.8 Å². The minimum absolute atomic E-state index is 0.0119. The number of esters is 3. The number of hydrogen-bond donors (Lipinski definition) is 1. The van der Waals surface area contributed by atoms with Gasteiger partial charge in [-0.2, -0.15) is 0 Å². The molecular weight excluding hydrogens is 350 g/mol. The number of hydrogen-bond acceptors (Lipinski definition) is 9. The van der Waals surface area contributed by atoms with Crippen LogP contribution in [0.2, 0.25) is 0 Å². The lowest BCUT2D eigenvalue weighted by Crippen LogP contribution is -2.68. The number of nitrogens with one attached hydrogen (secondary N) is 1. The molecule has 1 rings (SSSR count). The highest BCUT2D eigenvalue weighted by Gasteiger charge is 2.54. The van der Waals surface area contributed by atoms with Crippen LogP contribution in [0.25, 0.3) is 0 Å². The summed E-state index contributed by atoms with van der Waals surface area (Å²) in [6.07, 6.45) is -1.72. The van der Waals surface area contributed by atoms with Crippen LogP contribution in [-0.2, 0) is 42.9 Å². The molecule has 1 N–H and O–H groups in total. The molecule has 0 spiro atoms. The molecule has 1 amide bonds. The molecule has 0 radical (unpaired) electrons. The van der Waals surface area contributed by atoms with Gasteiger partial charge in [-0.3, -0.25) is 19.2 Å². The van der Waals surface area contributed by atoms with Gasteiger partial charge in [-0.1, -0.05) is 0 Å². The van der Waals surface area contributed by atoms with Crippen LogP contribution in [0.3, 0.4) is 0 Å². The average molecular weight is 375 g/mol. The Balaban J connectivity index is 3.22. The van der Waals surface area contributed by atoms with Gasteiger partial charge in [0.15, 0.2) is 11.9 Å². The van der Waals surface area contributed by atoms with E-state index in [9.17, 15) is 19.2 Å². The second-order valence-electron chi connectivity index (χ2n) is 5.99. The van der Waals surface area contributed by atoms with Crippen LogP contribution in [0.5, 0.6) is 0 Å². The van der Waals surface area contributed by atoms with E-state index in [2.05, 4.69) is 5.32 Å². The molecule has 148 valence electrons. The highest BCUT2D eigenvalue weighted by atomic mass is 16.7. The van der Waals surface area contributed by atoms with Gasteiger partial charge in [0.2, 0.25) is 5.91 Å². The SMILES string of the molecule is CO[C@@H]1OC(COC(C)=O)CC(COC(C)=O)(OC(C)=O)C1NC(C)=O. The molecule has 26 heavy (non-hydrogen) atoms. The van der Waals surface area contributed by atoms with Crippen molar-refractivity contribution in [3.05, 3.63) is 0 Å². The summed E-state index contributed by atoms with van der Waals surface area (Å²) in [5, 5.41) is 2.62. The highest BCUT2D eigenvalue weighted by molar-refractivity contribution is 5.74. The van der Waals surface area contributed by atoms with Gasteiger partial charge in [-0.15, -0.1) is 0 Å². The van der Waals surface area contributed by atoms with Crippen molar-refractivity contribution in [3.63, 3.8) is 0 Å². The van der Waals surface area contributed by atoms with Crippen LogP contribution in [0, 0.1) is 0 Å². The molecule has 0 aromatic rings. The zero-order valence-electron chi connectivity index (χ0n) is 15.5. The second-order valence-corrected chi connectivity index (χ2v) is 5.99. The van der Waals surface area contributed by atoms with Gasteiger partial charge in [0, 0.05) is 41.2 Å². The number of methoxy groups -OCH3 is 1. The summed E-state index contributed by atoms with van der Waals surface area (Å²) in [4.78, 5) is 45.8. The molecule has 4 atom stereocenters. The first-order chi connectivity index (χ1) is 12.1. The zero-order valence-corrected chi connectivity index (χ0v) is 15.5. The fourth-order valence-corrected chi connectivity index (χ4v) is 2.79. The molecule has 1 aliphatic rings. The monoisotopic (exact) mass is 375 g/mol. The van der Waals surface area contributed by atoms with E-state index in [4.69, 9.17) is 23.7 Å². The Morgan fingerprint density at radius 1 is 1.04 bits per heavy atom. The number of carbonyl (C=O) groups is 4. The normalized spacial score (nSPS) is 28.0. The Morgan fingerprint density at radius 3 is 2.12 bits per heavy atom. The van der Waals surface area contributed by atoms with E-state index in [0.717, 1.165) is 0 Å². The van der Waals surface area contributed by atoms with Crippen LogP contribution in [0.4, 0.5) is 0 Å². The summed E-state index contributed by atoms with van der Waals surface area (Å²) in [5.74, 6) is -2.16. The van der Waals surface area contributed by atoms with E-state index in [1.54, 1.807) is 0 Å². The minimum Gasteiger partial charge on any atom is -0.463 e. The molecule has 1 saturated heterocycles. The van der Waals surface area contributed by atoms with Gasteiger partial charge < -0.3 is 29.0 Å². The molecule has 1 aliphatic heterocycles. The zero-order chi connectivity index (χ0) is 19.9. The fraction of sp³-hybridized carbons (Fsp3) is 0.750. The lowest BCUT2D eigenvalue weighted by molar-refractivity contribution is -0.267. The largest absolute Gasteiger partial charge is 0.463 e. The van der Waals surface area contributed by atoms with E-state index in [-0.39, 0.29) is 19.6 Å². The second kappa shape index (κ2) is 9.48. The van der Waals surface area contributed by atoms with Crippen LogP contribution >= 0.6 is 0 Å². The van der Waals surface area contributed by atoms with Crippen molar-refractivity contribution in [2.24, 2.45) is 0 Å². The molecule has 0 aromatic heterocycles. The Hall–Kier alpha value is -2.20. The molecule has 1 heterocycles. The lowest BCUT2D eigenvalue weighted by atomic mass is 9.85. The van der Waals surface area contributed by atoms with Gasteiger partial charge in [-0.05, 0) is 0 Å². The first-order valence-corrected chi connectivity index (χ1v) is 8.01. The summed E-state index contributed by atoms with van der Waals surface area (Å²) in [6, 6.07) is -0.943. The Bertz CT molecular complexity index is 550. The molecule has 10 heteroatoms. The van der Waals surface area contributed by atoms with Gasteiger partial charge in [0.1, 0.15) is 19.3 Å². The quantitative estimate of drug-likeness (QED) is 0.470. The van der Waals surface area contributed by atoms with Crippen molar-refractivity contribution in [2.75, 3.05) is 20.3 Å². The van der Waals surface area contributed by atoms with Gasteiger partial charge in [-0.25, -0.2) is 0 Å². The molecule has 0 bridgehead atoms. The van der Waals surface area contributed by atoms with Crippen molar-refractivity contribution >= 4 is 23.8 Å². The van der Waals surface area contributed by atoms with Crippen molar-refractivity contribution in [3.8, 4) is 0 Å². The third kappa shape index (κ3) is 6.26. The van der Waals surface area contributed by atoms with Crippen LogP contribution < -0.4 is 5.32 Å². The molecule has 10 nitrogen and oxygen atoms in total. The number of carbonyl (C=O) groups excluding carboxylic acids is 4. The third-order valence-corrected chi connectivity index (χ3v) is 3.67. The maximum absolute atomic E-state index is 11.7. The minimum atomic E-state index is -1.45. The van der Waals surface area contributed by atoms with Gasteiger partial charge >= 0.3 is 17.9 Å². The maximum atomic E-state index is 11.7. The summed E-state index contributed by atoms with van der Waals surface area (Å²) in [5.41, 5.74) is -1.45. The van der Waals surface area contributed by atoms with Crippen LogP contribution in [0.1, 0.15) is 34.1 Å².